The number of aldehydes is 1. The van der Waals surface area contributed by atoms with Crippen molar-refractivity contribution in [3.05, 3.63) is 12.7 Å². The van der Waals surface area contributed by atoms with Crippen LogP contribution < -0.4 is 5.32 Å². The van der Waals surface area contributed by atoms with Crippen molar-refractivity contribution >= 4 is 18.9 Å². The molecule has 0 heterocycles. The Morgan fingerprint density at radius 3 is 2.64 bits per heavy atom. The molecule has 0 aromatic carbocycles. The normalized spacial score (nSPS) is 15.5. The lowest BCUT2D eigenvalue weighted by Crippen LogP contribution is -2.45. The zero-order chi connectivity index (χ0) is 8.74. The van der Waals surface area contributed by atoms with Gasteiger partial charge in [-0.1, -0.05) is 13.0 Å². The topological polar surface area (TPSA) is 29.1 Å². The van der Waals surface area contributed by atoms with Gasteiger partial charge >= 0.3 is 0 Å². The predicted octanol–water partition coefficient (Wildman–Crippen LogP) is 1.04. The number of carbonyl (C=O) groups is 1. The molecule has 64 valence electrons. The standard InChI is InChI=1S/C8H15NOS/c1-3-8(4-2,7-10)9-5-6-11/h3,7,9,11H,1,4-6H2,2H3. The number of carbonyl (C=O) groups excluding carboxylic acids is 1. The summed E-state index contributed by atoms with van der Waals surface area (Å²) in [5.74, 6) is 0.726. The predicted molar refractivity (Wildman–Crippen MR) is 51.1 cm³/mol. The molecule has 2 nitrogen and oxygen atoms in total. The van der Waals surface area contributed by atoms with E-state index in [9.17, 15) is 4.79 Å². The summed E-state index contributed by atoms with van der Waals surface area (Å²) in [5.41, 5.74) is -0.539. The van der Waals surface area contributed by atoms with Gasteiger partial charge in [0.15, 0.2) is 0 Å². The first kappa shape index (κ1) is 10.7. The van der Waals surface area contributed by atoms with E-state index in [1.165, 1.54) is 0 Å². The fourth-order valence-electron chi connectivity index (χ4n) is 0.803. The molecular weight excluding hydrogens is 158 g/mol. The van der Waals surface area contributed by atoms with Crippen molar-refractivity contribution < 1.29 is 4.79 Å². The number of nitrogens with one attached hydrogen (secondary N) is 1. The van der Waals surface area contributed by atoms with Gasteiger partial charge in [-0.3, -0.25) is 0 Å². The highest BCUT2D eigenvalue weighted by Crippen LogP contribution is 2.06. The van der Waals surface area contributed by atoms with Crippen molar-refractivity contribution in [2.45, 2.75) is 18.9 Å². The zero-order valence-electron chi connectivity index (χ0n) is 6.84. The maximum absolute atomic E-state index is 10.6. The van der Waals surface area contributed by atoms with Gasteiger partial charge in [-0.25, -0.2) is 0 Å². The van der Waals surface area contributed by atoms with Crippen LogP contribution in [0.15, 0.2) is 12.7 Å². The van der Waals surface area contributed by atoms with Crippen LogP contribution in [0.25, 0.3) is 0 Å². The molecule has 0 spiro atoms. The second-order valence-corrected chi connectivity index (χ2v) is 2.81. The van der Waals surface area contributed by atoms with Crippen LogP contribution >= 0.6 is 12.6 Å². The van der Waals surface area contributed by atoms with Crippen molar-refractivity contribution in [3.63, 3.8) is 0 Å². The molecule has 0 amide bonds. The molecule has 0 radical (unpaired) electrons. The molecule has 0 bridgehead atoms. The minimum atomic E-state index is -0.539. The van der Waals surface area contributed by atoms with E-state index in [0.29, 0.717) is 0 Å². The highest BCUT2D eigenvalue weighted by molar-refractivity contribution is 7.80. The second-order valence-electron chi connectivity index (χ2n) is 2.37. The first-order valence-corrected chi connectivity index (χ1v) is 4.33. The van der Waals surface area contributed by atoms with Crippen LogP contribution in [0.5, 0.6) is 0 Å². The van der Waals surface area contributed by atoms with Crippen molar-refractivity contribution in [2.75, 3.05) is 12.3 Å². The van der Waals surface area contributed by atoms with Gasteiger partial charge in [0.25, 0.3) is 0 Å². The lowest BCUT2D eigenvalue weighted by atomic mass is 9.99. The van der Waals surface area contributed by atoms with E-state index in [1.54, 1.807) is 6.08 Å². The first-order valence-electron chi connectivity index (χ1n) is 3.70. The van der Waals surface area contributed by atoms with Gasteiger partial charge in [0, 0.05) is 12.3 Å². The van der Waals surface area contributed by atoms with Gasteiger partial charge in [0.1, 0.15) is 6.29 Å². The molecule has 11 heavy (non-hydrogen) atoms. The molecule has 1 unspecified atom stereocenters. The summed E-state index contributed by atoms with van der Waals surface area (Å²) in [7, 11) is 0. The first-order chi connectivity index (χ1) is 5.24. The Morgan fingerprint density at radius 2 is 2.36 bits per heavy atom. The monoisotopic (exact) mass is 173 g/mol. The summed E-state index contributed by atoms with van der Waals surface area (Å²) in [6, 6.07) is 0. The smallest absolute Gasteiger partial charge is 0.143 e. The third-order valence-corrected chi connectivity index (χ3v) is 1.95. The molecule has 0 aliphatic carbocycles. The van der Waals surface area contributed by atoms with Crippen LogP contribution in [0.2, 0.25) is 0 Å². The van der Waals surface area contributed by atoms with Crippen molar-refractivity contribution in [3.8, 4) is 0 Å². The molecule has 1 atom stereocenters. The fraction of sp³-hybridized carbons (Fsp3) is 0.625. The third kappa shape index (κ3) is 3.08. The summed E-state index contributed by atoms with van der Waals surface area (Å²) >= 11 is 4.04. The van der Waals surface area contributed by atoms with E-state index < -0.39 is 5.54 Å². The Morgan fingerprint density at radius 1 is 1.73 bits per heavy atom. The number of rotatable bonds is 6. The number of thiol groups is 1. The lowest BCUT2D eigenvalue weighted by molar-refractivity contribution is -0.111. The van der Waals surface area contributed by atoms with Crippen LogP contribution in [-0.2, 0) is 4.79 Å². The van der Waals surface area contributed by atoms with E-state index in [4.69, 9.17) is 0 Å². The maximum Gasteiger partial charge on any atom is 0.143 e. The van der Waals surface area contributed by atoms with Crippen molar-refractivity contribution in [2.24, 2.45) is 0 Å². The van der Waals surface area contributed by atoms with Gasteiger partial charge in [0.2, 0.25) is 0 Å². The molecule has 1 N–H and O–H groups in total. The van der Waals surface area contributed by atoms with E-state index in [-0.39, 0.29) is 0 Å². The summed E-state index contributed by atoms with van der Waals surface area (Å²) in [5, 5.41) is 3.07. The molecule has 0 aliphatic rings. The minimum absolute atomic E-state index is 0.539. The van der Waals surface area contributed by atoms with Crippen LogP contribution in [0.4, 0.5) is 0 Å². The summed E-state index contributed by atoms with van der Waals surface area (Å²) < 4.78 is 0. The van der Waals surface area contributed by atoms with Crippen molar-refractivity contribution in [1.82, 2.24) is 5.32 Å². The second kappa shape index (κ2) is 5.38. The highest BCUT2D eigenvalue weighted by Gasteiger charge is 2.21. The quantitative estimate of drug-likeness (QED) is 0.357. The Hall–Kier alpha value is -0.280. The molecular formula is C8H15NOS. The van der Waals surface area contributed by atoms with Gasteiger partial charge in [-0.2, -0.15) is 12.6 Å². The van der Waals surface area contributed by atoms with E-state index >= 15 is 0 Å². The van der Waals surface area contributed by atoms with Gasteiger partial charge in [-0.15, -0.1) is 6.58 Å². The molecule has 0 aromatic rings. The molecule has 0 saturated heterocycles. The lowest BCUT2D eigenvalue weighted by Gasteiger charge is -2.23. The molecule has 0 rings (SSSR count). The van der Waals surface area contributed by atoms with Crippen LogP contribution in [0, 0.1) is 0 Å². The highest BCUT2D eigenvalue weighted by atomic mass is 32.1. The summed E-state index contributed by atoms with van der Waals surface area (Å²) in [4.78, 5) is 10.6. The van der Waals surface area contributed by atoms with E-state index in [2.05, 4.69) is 24.5 Å². The average Bonchev–Trinajstić information content (AvgIpc) is 2.08. The van der Waals surface area contributed by atoms with Gasteiger partial charge in [0.05, 0.1) is 5.54 Å². The Balaban J connectivity index is 4.05. The average molecular weight is 173 g/mol. The summed E-state index contributed by atoms with van der Waals surface area (Å²) in [6.07, 6.45) is 3.26. The molecule has 0 saturated carbocycles. The van der Waals surface area contributed by atoms with Crippen LogP contribution in [-0.4, -0.2) is 24.1 Å². The van der Waals surface area contributed by atoms with Gasteiger partial charge in [-0.05, 0) is 6.42 Å². The zero-order valence-corrected chi connectivity index (χ0v) is 7.73. The SMILES string of the molecule is C=CC(C=O)(CC)NCCS. The largest absolute Gasteiger partial charge is 0.301 e. The number of hydrogen-bond acceptors (Lipinski definition) is 3. The Bertz CT molecular complexity index is 128. The fourth-order valence-corrected chi connectivity index (χ4v) is 0.915. The van der Waals surface area contributed by atoms with Crippen molar-refractivity contribution in [1.29, 1.82) is 0 Å². The molecule has 3 heteroatoms. The van der Waals surface area contributed by atoms with Crippen LogP contribution in [0.3, 0.4) is 0 Å². The van der Waals surface area contributed by atoms with E-state index in [1.807, 2.05) is 6.92 Å². The Kier molecular flexibility index (Phi) is 5.24. The maximum atomic E-state index is 10.6. The summed E-state index contributed by atoms with van der Waals surface area (Å²) in [6.45, 7) is 6.28. The molecule has 0 fully saturated rings. The Labute approximate surface area is 73.5 Å². The third-order valence-electron chi connectivity index (χ3n) is 1.73. The van der Waals surface area contributed by atoms with Crippen LogP contribution in [0.1, 0.15) is 13.3 Å². The molecule has 0 aliphatic heterocycles. The minimum Gasteiger partial charge on any atom is -0.301 e. The van der Waals surface area contributed by atoms with Gasteiger partial charge < -0.3 is 10.1 Å². The van der Waals surface area contributed by atoms with E-state index in [0.717, 1.165) is 25.0 Å². The number of hydrogen-bond donors (Lipinski definition) is 2. The molecule has 0 aromatic heterocycles.